The van der Waals surface area contributed by atoms with E-state index in [1.807, 2.05) is 0 Å². The number of carbonyl (C=O) groups is 3. The van der Waals surface area contributed by atoms with Crippen LogP contribution in [0.15, 0.2) is 33.1 Å². The van der Waals surface area contributed by atoms with Crippen molar-refractivity contribution in [1.29, 1.82) is 0 Å². The van der Waals surface area contributed by atoms with Gasteiger partial charge in [-0.25, -0.2) is 9.59 Å². The number of nitrogens with zero attached hydrogens (tertiary/aromatic N) is 2. The van der Waals surface area contributed by atoms with Crippen LogP contribution in [0.5, 0.6) is 0 Å². The van der Waals surface area contributed by atoms with E-state index in [2.05, 4.69) is 0 Å². The van der Waals surface area contributed by atoms with Gasteiger partial charge in [-0.2, -0.15) is 0 Å². The van der Waals surface area contributed by atoms with E-state index in [9.17, 15) is 24.3 Å². The van der Waals surface area contributed by atoms with E-state index in [4.69, 9.17) is 13.9 Å². The second-order valence-electron chi connectivity index (χ2n) is 9.41. The minimum atomic E-state index is -0.875. The first-order chi connectivity index (χ1) is 15.4. The van der Waals surface area contributed by atoms with Crippen LogP contribution in [0.4, 0.5) is 0 Å². The highest BCUT2D eigenvalue weighted by Gasteiger charge is 2.57. The predicted octanol–water partition coefficient (Wildman–Crippen LogP) is 1.54. The van der Waals surface area contributed by atoms with Gasteiger partial charge in [0.2, 0.25) is 12.7 Å². The molecule has 0 radical (unpaired) electrons. The minimum Gasteiger partial charge on any atom is -0.427 e. The van der Waals surface area contributed by atoms with Crippen LogP contribution in [0, 0.1) is 11.3 Å². The lowest BCUT2D eigenvalue weighted by Gasteiger charge is -2.44. The summed E-state index contributed by atoms with van der Waals surface area (Å²) >= 11 is 0. The van der Waals surface area contributed by atoms with E-state index >= 15 is 0 Å². The quantitative estimate of drug-likeness (QED) is 0.406. The fraction of sp³-hybridized carbons (Fsp3) is 0.478. The number of fused-ring (bicyclic) bond motifs is 2. The number of oxazole rings is 1. The highest BCUT2D eigenvalue weighted by Crippen LogP contribution is 2.47. The molecule has 1 N–H and O–H groups in total. The maximum atomic E-state index is 13.0. The summed E-state index contributed by atoms with van der Waals surface area (Å²) in [6, 6.07) is 4.63. The average molecular weight is 458 g/mol. The summed E-state index contributed by atoms with van der Waals surface area (Å²) < 4.78 is 16.7. The van der Waals surface area contributed by atoms with Crippen molar-refractivity contribution in [2.75, 3.05) is 6.79 Å². The Labute approximate surface area is 189 Å². The summed E-state index contributed by atoms with van der Waals surface area (Å²) in [4.78, 5) is 50.9. The number of ether oxygens (including phenoxy) is 2. The molecule has 0 saturated carbocycles. The molecular weight excluding hydrogens is 432 g/mol. The second kappa shape index (κ2) is 7.87. The molecule has 2 aliphatic heterocycles. The summed E-state index contributed by atoms with van der Waals surface area (Å²) in [6.45, 7) is 5.97. The Bertz CT molecular complexity index is 1240. The molecule has 0 spiro atoms. The number of aryl methyl sites for hydroxylation is 1. The first-order valence-electron chi connectivity index (χ1n) is 10.6. The monoisotopic (exact) mass is 458 g/mol. The molecule has 2 aliphatic rings. The Balaban J connectivity index is 1.68. The highest BCUT2D eigenvalue weighted by atomic mass is 16.7. The fourth-order valence-electron chi connectivity index (χ4n) is 4.25. The van der Waals surface area contributed by atoms with Crippen LogP contribution >= 0.6 is 0 Å². The van der Waals surface area contributed by atoms with Crippen molar-refractivity contribution < 1.29 is 33.4 Å². The van der Waals surface area contributed by atoms with E-state index in [0.717, 1.165) is 0 Å². The molecule has 1 aromatic carbocycles. The number of carbonyl (C=O) groups excluding carboxylic acids is 3. The summed E-state index contributed by atoms with van der Waals surface area (Å²) in [6.07, 6.45) is -0.551. The van der Waals surface area contributed by atoms with Crippen molar-refractivity contribution in [3.05, 3.63) is 40.0 Å². The van der Waals surface area contributed by atoms with Gasteiger partial charge in [-0.1, -0.05) is 6.07 Å². The Hall–Kier alpha value is -3.40. The number of esters is 2. The third-order valence-electron chi connectivity index (χ3n) is 6.05. The molecule has 2 aromatic rings. The van der Waals surface area contributed by atoms with Crippen LogP contribution in [0.1, 0.15) is 39.7 Å². The first kappa shape index (κ1) is 22.8. The van der Waals surface area contributed by atoms with Crippen LogP contribution in [0.3, 0.4) is 0 Å². The lowest BCUT2D eigenvalue weighted by molar-refractivity contribution is -0.175. The number of aliphatic hydroxyl groups is 1. The highest BCUT2D eigenvalue weighted by molar-refractivity contribution is 6.07. The number of amides is 1. The molecule has 4 rings (SSSR count). The zero-order valence-corrected chi connectivity index (χ0v) is 19.1. The van der Waals surface area contributed by atoms with Crippen LogP contribution in [0.2, 0.25) is 0 Å². The Kier molecular flexibility index (Phi) is 5.44. The molecule has 1 saturated heterocycles. The smallest absolute Gasteiger partial charge is 0.419 e. The maximum Gasteiger partial charge on any atom is 0.419 e. The topological polar surface area (TPSA) is 128 Å². The predicted molar refractivity (Wildman–Crippen MR) is 115 cm³/mol. The van der Waals surface area contributed by atoms with Crippen molar-refractivity contribution in [3.8, 4) is 0 Å². The summed E-state index contributed by atoms with van der Waals surface area (Å²) in [5, 5.41) is 10.0. The van der Waals surface area contributed by atoms with Crippen molar-refractivity contribution in [2.24, 2.45) is 18.4 Å². The molecule has 1 amide bonds. The van der Waals surface area contributed by atoms with Gasteiger partial charge in [0.1, 0.15) is 5.70 Å². The molecule has 0 bridgehead atoms. The van der Waals surface area contributed by atoms with Gasteiger partial charge < -0.3 is 23.9 Å². The molecule has 1 fully saturated rings. The van der Waals surface area contributed by atoms with Gasteiger partial charge in [0.25, 0.3) is 0 Å². The zero-order chi connectivity index (χ0) is 24.2. The van der Waals surface area contributed by atoms with E-state index < -0.39 is 48.0 Å². The molecule has 176 valence electrons. The Morgan fingerprint density at radius 3 is 2.58 bits per heavy atom. The SMILES string of the molecule is C[C@@H](O)[C@@H]1C(=O)N2C(C(=O)OCOC(=O)C(C)(C)C)=C(c3ccc4oc(=O)n(C)c4c3)C[C@@H]12. The molecule has 0 unspecified atom stereocenters. The third kappa shape index (κ3) is 3.74. The lowest BCUT2D eigenvalue weighted by atomic mass is 9.82. The van der Waals surface area contributed by atoms with Crippen LogP contribution in [-0.4, -0.2) is 51.4 Å². The van der Waals surface area contributed by atoms with Gasteiger partial charge in [0.15, 0.2) is 5.58 Å². The van der Waals surface area contributed by atoms with Gasteiger partial charge in [-0.05, 0) is 57.4 Å². The summed E-state index contributed by atoms with van der Waals surface area (Å²) in [5.41, 5.74) is 1.36. The Morgan fingerprint density at radius 1 is 1.24 bits per heavy atom. The molecule has 3 heterocycles. The molecule has 1 aromatic heterocycles. The second-order valence-corrected chi connectivity index (χ2v) is 9.41. The summed E-state index contributed by atoms with van der Waals surface area (Å²) in [5.74, 6) is -2.87. The third-order valence-corrected chi connectivity index (χ3v) is 6.05. The van der Waals surface area contributed by atoms with Gasteiger partial charge in [0, 0.05) is 7.05 Å². The number of hydrogen-bond donors (Lipinski definition) is 1. The van der Waals surface area contributed by atoms with Gasteiger partial charge in [-0.15, -0.1) is 0 Å². The van der Waals surface area contributed by atoms with Crippen molar-refractivity contribution in [3.63, 3.8) is 0 Å². The number of rotatable bonds is 5. The average Bonchev–Trinajstić information content (AvgIpc) is 3.21. The van der Waals surface area contributed by atoms with E-state index in [-0.39, 0.29) is 11.6 Å². The normalized spacial score (nSPS) is 21.2. The first-order valence-corrected chi connectivity index (χ1v) is 10.6. The Morgan fingerprint density at radius 2 is 1.94 bits per heavy atom. The van der Waals surface area contributed by atoms with Crippen LogP contribution < -0.4 is 5.76 Å². The van der Waals surface area contributed by atoms with Gasteiger partial charge >= 0.3 is 17.7 Å². The number of aliphatic hydroxyl groups excluding tert-OH is 1. The van der Waals surface area contributed by atoms with E-state index in [0.29, 0.717) is 28.7 Å². The molecule has 10 nitrogen and oxygen atoms in total. The van der Waals surface area contributed by atoms with E-state index in [1.165, 1.54) is 16.4 Å². The van der Waals surface area contributed by atoms with E-state index in [1.54, 1.807) is 46.0 Å². The number of β-lactam (4-membered cyclic amide) rings is 1. The molecule has 3 atom stereocenters. The lowest BCUT2D eigenvalue weighted by Crippen LogP contribution is -2.61. The zero-order valence-electron chi connectivity index (χ0n) is 19.1. The molecule has 10 heteroatoms. The standard InChI is InChI=1S/C23H26N2O8/c1-11(26)17-15-9-13(12-6-7-16-14(8-12)24(5)22(30)33-16)18(25(15)19(17)27)20(28)31-10-32-21(29)23(2,3)4/h6-8,11,15,17,26H,9-10H2,1-5H3/t11-,15+,17+/m1/s1. The summed E-state index contributed by atoms with van der Waals surface area (Å²) in [7, 11) is 1.57. The fourth-order valence-corrected chi connectivity index (χ4v) is 4.25. The van der Waals surface area contributed by atoms with Crippen LogP contribution in [-0.2, 0) is 30.9 Å². The molecular formula is C23H26N2O8. The van der Waals surface area contributed by atoms with Crippen LogP contribution in [0.25, 0.3) is 16.7 Å². The number of benzene rings is 1. The molecule has 0 aliphatic carbocycles. The minimum absolute atomic E-state index is 0.0431. The van der Waals surface area contributed by atoms with Crippen molar-refractivity contribution >= 4 is 34.5 Å². The number of hydrogen-bond acceptors (Lipinski definition) is 8. The van der Waals surface area contributed by atoms with Gasteiger partial charge in [0.05, 0.1) is 29.0 Å². The largest absolute Gasteiger partial charge is 0.427 e. The maximum absolute atomic E-state index is 13.0. The van der Waals surface area contributed by atoms with Crippen molar-refractivity contribution in [2.45, 2.75) is 46.3 Å². The van der Waals surface area contributed by atoms with Crippen molar-refractivity contribution in [1.82, 2.24) is 9.47 Å². The molecule has 33 heavy (non-hydrogen) atoms. The number of aromatic nitrogens is 1. The van der Waals surface area contributed by atoms with Gasteiger partial charge in [-0.3, -0.25) is 14.2 Å².